The Kier molecular flexibility index (Phi) is 6.26. The van der Waals surface area contributed by atoms with Gasteiger partial charge >= 0.3 is 11.7 Å². The minimum atomic E-state index is -0.702. The molecule has 0 saturated carbocycles. The molecule has 0 saturated heterocycles. The fraction of sp³-hybridized carbons (Fsp3) is 0. The number of non-ortho nitro benzene ring substituents is 1. The maximum atomic E-state index is 12.5. The highest BCUT2D eigenvalue weighted by Gasteiger charge is 2.11. The number of carbonyl (C=O) groups is 2. The van der Waals surface area contributed by atoms with Crippen LogP contribution in [-0.4, -0.2) is 16.7 Å². The largest absolute Gasteiger partial charge is 0.422 e. The molecule has 1 aromatic heterocycles. The van der Waals surface area contributed by atoms with Gasteiger partial charge in [0, 0.05) is 28.9 Å². The van der Waals surface area contributed by atoms with Crippen molar-refractivity contribution in [2.75, 3.05) is 10.6 Å². The van der Waals surface area contributed by atoms with E-state index in [-0.39, 0.29) is 11.3 Å². The van der Waals surface area contributed by atoms with Crippen molar-refractivity contribution in [3.8, 4) is 0 Å². The summed E-state index contributed by atoms with van der Waals surface area (Å²) in [6.07, 6.45) is 2.84. The predicted octanol–water partition coefficient (Wildman–Crippen LogP) is 5.24. The van der Waals surface area contributed by atoms with E-state index in [0.29, 0.717) is 27.9 Å². The van der Waals surface area contributed by atoms with E-state index in [2.05, 4.69) is 10.6 Å². The zero-order valence-corrected chi connectivity index (χ0v) is 17.6. The van der Waals surface area contributed by atoms with E-state index in [1.165, 1.54) is 36.4 Å². The molecule has 0 aliphatic heterocycles. The van der Waals surface area contributed by atoms with Crippen molar-refractivity contribution in [3.63, 3.8) is 0 Å². The third-order valence-electron chi connectivity index (χ3n) is 4.84. The Labute approximate surface area is 192 Å². The molecular weight excluding hydrogens is 438 g/mol. The van der Waals surface area contributed by atoms with Crippen molar-refractivity contribution in [2.45, 2.75) is 0 Å². The number of benzene rings is 3. The number of nitro benzene ring substituents is 1. The molecule has 0 bridgehead atoms. The van der Waals surface area contributed by atoms with Gasteiger partial charge in [0.25, 0.3) is 5.69 Å². The first-order chi connectivity index (χ1) is 16.4. The van der Waals surface area contributed by atoms with Crippen LogP contribution in [0.15, 0.2) is 94.2 Å². The minimum Gasteiger partial charge on any atom is -0.422 e. The van der Waals surface area contributed by atoms with Crippen molar-refractivity contribution < 1.29 is 18.9 Å². The van der Waals surface area contributed by atoms with Gasteiger partial charge in [-0.2, -0.15) is 0 Å². The van der Waals surface area contributed by atoms with Gasteiger partial charge in [0.2, 0.25) is 0 Å². The summed E-state index contributed by atoms with van der Waals surface area (Å²) < 4.78 is 5.19. The zero-order chi connectivity index (χ0) is 24.1. The molecule has 9 heteroatoms. The van der Waals surface area contributed by atoms with Gasteiger partial charge in [-0.05, 0) is 48.0 Å². The van der Waals surface area contributed by atoms with E-state index < -0.39 is 22.4 Å². The molecule has 0 atom stereocenters. The van der Waals surface area contributed by atoms with Crippen LogP contribution in [0.5, 0.6) is 0 Å². The second-order valence-corrected chi connectivity index (χ2v) is 7.19. The molecule has 4 aromatic rings. The van der Waals surface area contributed by atoms with Crippen LogP contribution in [0, 0.1) is 10.1 Å². The van der Waals surface area contributed by atoms with Gasteiger partial charge in [-0.1, -0.05) is 36.4 Å². The molecule has 2 amide bonds. The highest BCUT2D eigenvalue weighted by Crippen LogP contribution is 2.17. The molecule has 0 fully saturated rings. The van der Waals surface area contributed by atoms with E-state index in [1.807, 2.05) is 0 Å². The lowest BCUT2D eigenvalue weighted by Crippen LogP contribution is -2.19. The molecule has 0 unspecified atom stereocenters. The number of carbonyl (C=O) groups excluding carboxylic acids is 2. The molecule has 0 spiro atoms. The van der Waals surface area contributed by atoms with Gasteiger partial charge in [-0.3, -0.25) is 14.9 Å². The number of hydrogen-bond acceptors (Lipinski definition) is 6. The summed E-state index contributed by atoms with van der Waals surface area (Å²) in [5.74, 6) is -0.482. The number of anilines is 2. The molecule has 4 rings (SSSR count). The molecule has 168 valence electrons. The van der Waals surface area contributed by atoms with E-state index >= 15 is 0 Å². The molecule has 34 heavy (non-hydrogen) atoms. The zero-order valence-electron chi connectivity index (χ0n) is 17.6. The second-order valence-electron chi connectivity index (χ2n) is 7.19. The fourth-order valence-corrected chi connectivity index (χ4v) is 3.13. The normalized spacial score (nSPS) is 10.8. The highest BCUT2D eigenvalue weighted by atomic mass is 16.6. The smallest absolute Gasteiger partial charge is 0.347 e. The average molecular weight is 455 g/mol. The van der Waals surface area contributed by atoms with E-state index in [0.717, 1.165) is 0 Å². The van der Waals surface area contributed by atoms with Crippen molar-refractivity contribution in [2.24, 2.45) is 0 Å². The molecular formula is C25H17N3O6. The first-order valence-electron chi connectivity index (χ1n) is 10.1. The monoisotopic (exact) mass is 455 g/mol. The number of nitrogens with one attached hydrogen (secondary N) is 2. The van der Waals surface area contributed by atoms with Crippen LogP contribution in [-0.2, 0) is 0 Å². The van der Waals surface area contributed by atoms with Crippen LogP contribution in [0.1, 0.15) is 15.9 Å². The molecule has 1 heterocycles. The summed E-state index contributed by atoms with van der Waals surface area (Å²) >= 11 is 0. The Morgan fingerprint density at radius 3 is 2.15 bits per heavy atom. The standard InChI is InChI=1S/C25H17N3O6/c29-22(21-15-17-3-1-2-4-23(17)34-24(21)30)14-7-16-5-8-18(9-6-16)26-25(31)27-19-10-12-20(13-11-19)28(32)33/h1-15H,(H2,26,27,31)/b14-7+. The molecule has 0 radical (unpaired) electrons. The lowest BCUT2D eigenvalue weighted by atomic mass is 10.1. The lowest BCUT2D eigenvalue weighted by Gasteiger charge is -2.07. The van der Waals surface area contributed by atoms with Gasteiger partial charge in [-0.25, -0.2) is 9.59 Å². The number of amides is 2. The Morgan fingerprint density at radius 2 is 1.50 bits per heavy atom. The van der Waals surface area contributed by atoms with Crippen molar-refractivity contribution in [1.82, 2.24) is 0 Å². The summed E-state index contributed by atoms with van der Waals surface area (Å²) in [7, 11) is 0. The molecule has 9 nitrogen and oxygen atoms in total. The van der Waals surface area contributed by atoms with Gasteiger partial charge in [0.15, 0.2) is 5.78 Å². The topological polar surface area (TPSA) is 132 Å². The number of para-hydroxylation sites is 1. The van der Waals surface area contributed by atoms with Crippen LogP contribution < -0.4 is 16.3 Å². The summed E-state index contributed by atoms with van der Waals surface area (Å²) in [6, 6.07) is 20.0. The average Bonchev–Trinajstić information content (AvgIpc) is 2.83. The van der Waals surface area contributed by atoms with Crippen molar-refractivity contribution >= 4 is 45.9 Å². The van der Waals surface area contributed by atoms with Gasteiger partial charge in [0.1, 0.15) is 11.1 Å². The van der Waals surface area contributed by atoms with Crippen LogP contribution in [0.3, 0.4) is 0 Å². The number of hydrogen-bond donors (Lipinski definition) is 2. The number of nitro groups is 1. The number of allylic oxidation sites excluding steroid dienone is 1. The Balaban J connectivity index is 1.38. The van der Waals surface area contributed by atoms with Crippen LogP contribution in [0.25, 0.3) is 17.0 Å². The predicted molar refractivity (Wildman–Crippen MR) is 128 cm³/mol. The maximum Gasteiger partial charge on any atom is 0.347 e. The fourth-order valence-electron chi connectivity index (χ4n) is 3.13. The van der Waals surface area contributed by atoms with E-state index in [9.17, 15) is 24.5 Å². The Bertz CT molecular complexity index is 1470. The number of urea groups is 1. The molecule has 3 aromatic carbocycles. The lowest BCUT2D eigenvalue weighted by molar-refractivity contribution is -0.384. The van der Waals surface area contributed by atoms with E-state index in [1.54, 1.807) is 54.6 Å². The Morgan fingerprint density at radius 1 is 0.882 bits per heavy atom. The maximum absolute atomic E-state index is 12.5. The first kappa shape index (κ1) is 22.2. The molecule has 2 N–H and O–H groups in total. The second kappa shape index (κ2) is 9.61. The highest BCUT2D eigenvalue weighted by molar-refractivity contribution is 6.07. The van der Waals surface area contributed by atoms with Crippen molar-refractivity contribution in [1.29, 1.82) is 0 Å². The third-order valence-corrected chi connectivity index (χ3v) is 4.84. The molecule has 0 aliphatic carbocycles. The minimum absolute atomic E-state index is 0.0591. The summed E-state index contributed by atoms with van der Waals surface area (Å²) in [5, 5.41) is 16.6. The first-order valence-corrected chi connectivity index (χ1v) is 10.1. The van der Waals surface area contributed by atoms with Crippen LogP contribution in [0.4, 0.5) is 21.9 Å². The Hall–Kier alpha value is -5.05. The SMILES string of the molecule is O=C(Nc1ccc(/C=C/C(=O)c2cc3ccccc3oc2=O)cc1)Nc1ccc([N+](=O)[O-])cc1. The van der Waals surface area contributed by atoms with Gasteiger partial charge in [0.05, 0.1) is 4.92 Å². The quantitative estimate of drug-likeness (QED) is 0.134. The summed E-state index contributed by atoms with van der Waals surface area (Å²) in [4.78, 5) is 46.9. The summed E-state index contributed by atoms with van der Waals surface area (Å²) in [6.45, 7) is 0. The number of nitrogens with zero attached hydrogens (tertiary/aromatic N) is 1. The number of rotatable bonds is 6. The third kappa shape index (κ3) is 5.22. The number of ketones is 1. The molecule has 0 aliphatic rings. The number of fused-ring (bicyclic) bond motifs is 1. The van der Waals surface area contributed by atoms with Crippen molar-refractivity contribution in [3.05, 3.63) is 117 Å². The summed E-state index contributed by atoms with van der Waals surface area (Å²) in [5.41, 5.74) is 1.16. The van der Waals surface area contributed by atoms with Gasteiger partial charge < -0.3 is 15.1 Å². The van der Waals surface area contributed by atoms with Crippen LogP contribution >= 0.6 is 0 Å². The van der Waals surface area contributed by atoms with E-state index in [4.69, 9.17) is 4.42 Å². The van der Waals surface area contributed by atoms with Gasteiger partial charge in [-0.15, -0.1) is 0 Å². The van der Waals surface area contributed by atoms with Crippen LogP contribution in [0.2, 0.25) is 0 Å².